The van der Waals surface area contributed by atoms with Gasteiger partial charge in [-0.2, -0.15) is 0 Å². The molecular weight excluding hydrogens is 331 g/mol. The molecule has 2 aromatic rings. The summed E-state index contributed by atoms with van der Waals surface area (Å²) in [7, 11) is 0. The average molecular weight is 341 g/mol. The van der Waals surface area contributed by atoms with Gasteiger partial charge in [-0.3, -0.25) is 14.9 Å². The minimum atomic E-state index is -0.520. The van der Waals surface area contributed by atoms with Crippen LogP contribution in [0.5, 0.6) is 5.75 Å². The monoisotopic (exact) mass is 340 g/mol. The van der Waals surface area contributed by atoms with Crippen LogP contribution in [0.25, 0.3) is 0 Å². The summed E-state index contributed by atoms with van der Waals surface area (Å²) in [6.07, 6.45) is 0. The summed E-state index contributed by atoms with van der Waals surface area (Å²) in [4.78, 5) is 21.8. The van der Waals surface area contributed by atoms with Gasteiger partial charge in [-0.25, -0.2) is 0 Å². The smallest absolute Gasteiger partial charge is 0.269 e. The van der Waals surface area contributed by atoms with E-state index in [1.54, 1.807) is 18.2 Å². The fraction of sp³-hybridized carbons (Fsp3) is 0.0714. The van der Waals surface area contributed by atoms with Gasteiger partial charge in [0, 0.05) is 17.8 Å². The lowest BCUT2D eigenvalue weighted by molar-refractivity contribution is -0.384. The van der Waals surface area contributed by atoms with Crippen molar-refractivity contribution in [3.8, 4) is 5.75 Å². The zero-order valence-corrected chi connectivity index (χ0v) is 12.6. The van der Waals surface area contributed by atoms with E-state index >= 15 is 0 Å². The van der Waals surface area contributed by atoms with Crippen LogP contribution in [0, 0.1) is 10.1 Å². The molecule has 114 valence electrons. The largest absolute Gasteiger partial charge is 0.481 e. The molecule has 8 heteroatoms. The van der Waals surface area contributed by atoms with Gasteiger partial charge in [-0.1, -0.05) is 29.3 Å². The second-order valence-corrected chi connectivity index (χ2v) is 5.01. The van der Waals surface area contributed by atoms with Crippen molar-refractivity contribution in [2.24, 2.45) is 0 Å². The summed E-state index contributed by atoms with van der Waals surface area (Å²) >= 11 is 11.8. The number of non-ortho nitro benzene ring substituents is 1. The summed E-state index contributed by atoms with van der Waals surface area (Å²) in [5.74, 6) is -0.213. The summed E-state index contributed by atoms with van der Waals surface area (Å²) in [5.41, 5.74) is 0.363. The molecule has 0 bridgehead atoms. The first kappa shape index (κ1) is 16.1. The Morgan fingerprint density at radius 1 is 1.14 bits per heavy atom. The van der Waals surface area contributed by atoms with E-state index in [4.69, 9.17) is 27.9 Å². The normalized spacial score (nSPS) is 10.1. The maximum atomic E-state index is 11.8. The number of nitrogens with zero attached hydrogens (tertiary/aromatic N) is 1. The van der Waals surface area contributed by atoms with Crippen LogP contribution < -0.4 is 10.1 Å². The van der Waals surface area contributed by atoms with Crippen LogP contribution in [0.1, 0.15) is 0 Å². The van der Waals surface area contributed by atoms with Crippen LogP contribution >= 0.6 is 23.2 Å². The second-order valence-electron chi connectivity index (χ2n) is 4.19. The van der Waals surface area contributed by atoms with E-state index in [2.05, 4.69) is 5.32 Å². The molecule has 0 radical (unpaired) electrons. The molecule has 2 rings (SSSR count). The van der Waals surface area contributed by atoms with Crippen LogP contribution in [-0.2, 0) is 4.79 Å². The summed E-state index contributed by atoms with van der Waals surface area (Å²) in [5, 5.41) is 13.7. The van der Waals surface area contributed by atoms with E-state index in [1.807, 2.05) is 0 Å². The first-order valence-corrected chi connectivity index (χ1v) is 6.84. The minimum Gasteiger partial charge on any atom is -0.481 e. The first-order valence-electron chi connectivity index (χ1n) is 6.08. The predicted octanol–water partition coefficient (Wildman–Crippen LogP) is 3.92. The molecule has 0 aliphatic rings. The average Bonchev–Trinajstić information content (AvgIpc) is 2.47. The Hall–Kier alpha value is -2.31. The standard InChI is InChI=1S/C14H10Cl2N2O4/c15-11-2-1-3-12(16)14(11)22-8-13(19)17-9-4-6-10(7-5-9)18(20)21/h1-7H,8H2,(H,17,19). The number of carbonyl (C=O) groups is 1. The molecule has 0 saturated carbocycles. The van der Waals surface area contributed by atoms with Crippen molar-refractivity contribution in [3.63, 3.8) is 0 Å². The molecule has 0 saturated heterocycles. The third-order valence-corrected chi connectivity index (χ3v) is 3.22. The third-order valence-electron chi connectivity index (χ3n) is 2.63. The number of para-hydroxylation sites is 1. The van der Waals surface area contributed by atoms with Gasteiger partial charge in [0.05, 0.1) is 15.0 Å². The molecule has 2 aromatic carbocycles. The Balaban J connectivity index is 1.94. The van der Waals surface area contributed by atoms with Crippen molar-refractivity contribution in [1.29, 1.82) is 0 Å². The fourth-order valence-electron chi connectivity index (χ4n) is 1.62. The van der Waals surface area contributed by atoms with E-state index in [0.717, 1.165) is 0 Å². The van der Waals surface area contributed by atoms with E-state index < -0.39 is 10.8 Å². The molecule has 0 aliphatic carbocycles. The number of anilines is 1. The lowest BCUT2D eigenvalue weighted by Crippen LogP contribution is -2.20. The second kappa shape index (κ2) is 7.11. The van der Waals surface area contributed by atoms with Crippen molar-refractivity contribution in [2.75, 3.05) is 11.9 Å². The van der Waals surface area contributed by atoms with Gasteiger partial charge in [0.2, 0.25) is 0 Å². The van der Waals surface area contributed by atoms with Gasteiger partial charge in [-0.15, -0.1) is 0 Å². The predicted molar refractivity (Wildman–Crippen MR) is 83.7 cm³/mol. The maximum Gasteiger partial charge on any atom is 0.269 e. The molecule has 6 nitrogen and oxygen atoms in total. The number of halogens is 2. The number of hydrogen-bond acceptors (Lipinski definition) is 4. The highest BCUT2D eigenvalue weighted by molar-refractivity contribution is 6.37. The number of benzene rings is 2. The van der Waals surface area contributed by atoms with E-state index in [-0.39, 0.29) is 18.0 Å². The fourth-order valence-corrected chi connectivity index (χ4v) is 2.13. The molecule has 22 heavy (non-hydrogen) atoms. The van der Waals surface area contributed by atoms with Gasteiger partial charge in [-0.05, 0) is 24.3 Å². The number of carbonyl (C=O) groups excluding carboxylic acids is 1. The van der Waals surface area contributed by atoms with Crippen LogP contribution in [-0.4, -0.2) is 17.4 Å². The highest BCUT2D eigenvalue weighted by Crippen LogP contribution is 2.32. The highest BCUT2D eigenvalue weighted by atomic mass is 35.5. The third kappa shape index (κ3) is 4.09. The molecule has 1 N–H and O–H groups in total. The van der Waals surface area contributed by atoms with E-state index in [1.165, 1.54) is 24.3 Å². The molecule has 0 aliphatic heterocycles. The maximum absolute atomic E-state index is 11.8. The van der Waals surface area contributed by atoms with Gasteiger partial charge in [0.15, 0.2) is 12.4 Å². The Morgan fingerprint density at radius 3 is 2.27 bits per heavy atom. The summed E-state index contributed by atoms with van der Waals surface area (Å²) < 4.78 is 5.28. The number of ether oxygens (including phenoxy) is 1. The van der Waals surface area contributed by atoms with Crippen molar-refractivity contribution < 1.29 is 14.5 Å². The molecule has 0 heterocycles. The van der Waals surface area contributed by atoms with Gasteiger partial charge in [0.25, 0.3) is 11.6 Å². The van der Waals surface area contributed by atoms with Crippen LogP contribution in [0.4, 0.5) is 11.4 Å². The Kier molecular flexibility index (Phi) is 5.19. The Labute approximate surface area is 135 Å². The number of nitrogens with one attached hydrogen (secondary N) is 1. The lowest BCUT2D eigenvalue weighted by Gasteiger charge is -2.10. The first-order chi connectivity index (χ1) is 10.5. The Morgan fingerprint density at radius 2 is 1.73 bits per heavy atom. The number of nitro benzene ring substituents is 1. The Bertz CT molecular complexity index is 684. The molecular formula is C14H10Cl2N2O4. The summed E-state index contributed by atoms with van der Waals surface area (Å²) in [6.45, 7) is -0.291. The number of amides is 1. The van der Waals surface area contributed by atoms with E-state index in [9.17, 15) is 14.9 Å². The van der Waals surface area contributed by atoms with Gasteiger partial charge < -0.3 is 10.1 Å². The topological polar surface area (TPSA) is 81.5 Å². The SMILES string of the molecule is O=C(COc1c(Cl)cccc1Cl)Nc1ccc([N+](=O)[O-])cc1. The van der Waals surface area contributed by atoms with Crippen LogP contribution in [0.3, 0.4) is 0 Å². The van der Waals surface area contributed by atoms with Crippen molar-refractivity contribution in [1.82, 2.24) is 0 Å². The lowest BCUT2D eigenvalue weighted by atomic mass is 10.3. The molecule has 0 spiro atoms. The molecule has 1 amide bonds. The molecule has 0 atom stereocenters. The van der Waals surface area contributed by atoms with E-state index in [0.29, 0.717) is 15.7 Å². The number of rotatable bonds is 5. The molecule has 0 aromatic heterocycles. The zero-order chi connectivity index (χ0) is 16.1. The summed E-state index contributed by atoms with van der Waals surface area (Å²) in [6, 6.07) is 10.3. The van der Waals surface area contributed by atoms with Crippen molar-refractivity contribution >= 4 is 40.5 Å². The van der Waals surface area contributed by atoms with Crippen LogP contribution in [0.2, 0.25) is 10.0 Å². The molecule has 0 fully saturated rings. The van der Waals surface area contributed by atoms with Crippen LogP contribution in [0.15, 0.2) is 42.5 Å². The van der Waals surface area contributed by atoms with Crippen molar-refractivity contribution in [2.45, 2.75) is 0 Å². The molecule has 0 unspecified atom stereocenters. The van der Waals surface area contributed by atoms with Gasteiger partial charge >= 0.3 is 0 Å². The van der Waals surface area contributed by atoms with Gasteiger partial charge in [0.1, 0.15) is 0 Å². The quantitative estimate of drug-likeness (QED) is 0.660. The highest BCUT2D eigenvalue weighted by Gasteiger charge is 2.10. The van der Waals surface area contributed by atoms with Crippen molar-refractivity contribution in [3.05, 3.63) is 62.6 Å². The number of nitro groups is 1. The zero-order valence-electron chi connectivity index (χ0n) is 11.1. The minimum absolute atomic E-state index is 0.0582. The number of hydrogen-bond donors (Lipinski definition) is 1.